The van der Waals surface area contributed by atoms with E-state index in [9.17, 15) is 9.59 Å². The molecule has 3 saturated heterocycles. The summed E-state index contributed by atoms with van der Waals surface area (Å²) < 4.78 is 5.47. The molecule has 7 heteroatoms. The molecule has 0 saturated carbocycles. The summed E-state index contributed by atoms with van der Waals surface area (Å²) in [6.45, 7) is 5.31. The van der Waals surface area contributed by atoms with Crippen molar-refractivity contribution in [1.29, 1.82) is 0 Å². The minimum atomic E-state index is -0.121. The van der Waals surface area contributed by atoms with Gasteiger partial charge >= 0.3 is 0 Å². The standard InChI is InChI=1S/C20H30N4O3/c25-19-12-18(21-14-22-19)16-2-1-7-24(13-16)20(26)15-3-8-23(9-4-15)17-5-10-27-11-6-17/h12,14-17H,1-11,13H2,(H,21,22,25). The van der Waals surface area contributed by atoms with E-state index in [1.54, 1.807) is 6.07 Å². The van der Waals surface area contributed by atoms with Crippen LogP contribution in [0, 0.1) is 5.92 Å². The third-order valence-electron chi connectivity index (χ3n) is 6.44. The predicted octanol–water partition coefficient (Wildman–Crippen LogP) is 1.37. The molecule has 3 aliphatic rings. The fraction of sp³-hybridized carbons (Fsp3) is 0.750. The summed E-state index contributed by atoms with van der Waals surface area (Å²) in [7, 11) is 0. The summed E-state index contributed by atoms with van der Waals surface area (Å²) in [5.41, 5.74) is 0.689. The number of amides is 1. The van der Waals surface area contributed by atoms with E-state index in [1.807, 2.05) is 4.90 Å². The molecule has 0 bridgehead atoms. The fourth-order valence-electron chi connectivity index (χ4n) is 4.85. The molecule has 148 valence electrons. The Morgan fingerprint density at radius 3 is 2.63 bits per heavy atom. The molecule has 1 aromatic heterocycles. The van der Waals surface area contributed by atoms with Crippen LogP contribution in [0.1, 0.15) is 50.1 Å². The van der Waals surface area contributed by atoms with Gasteiger partial charge in [-0.05, 0) is 51.6 Å². The van der Waals surface area contributed by atoms with Crippen LogP contribution >= 0.6 is 0 Å². The average molecular weight is 374 g/mol. The first-order valence-corrected chi connectivity index (χ1v) is 10.4. The molecule has 1 unspecified atom stereocenters. The smallest absolute Gasteiger partial charge is 0.250 e. The van der Waals surface area contributed by atoms with Crippen molar-refractivity contribution in [2.75, 3.05) is 39.4 Å². The molecule has 1 atom stereocenters. The highest BCUT2D eigenvalue weighted by Crippen LogP contribution is 2.29. The highest BCUT2D eigenvalue weighted by Gasteiger charge is 2.34. The Kier molecular flexibility index (Phi) is 5.88. The van der Waals surface area contributed by atoms with Crippen molar-refractivity contribution < 1.29 is 9.53 Å². The van der Waals surface area contributed by atoms with Crippen LogP contribution < -0.4 is 5.56 Å². The predicted molar refractivity (Wildman–Crippen MR) is 102 cm³/mol. The van der Waals surface area contributed by atoms with Crippen LogP contribution in [-0.4, -0.2) is 71.1 Å². The van der Waals surface area contributed by atoms with E-state index in [-0.39, 0.29) is 17.4 Å². The normalized spacial score (nSPS) is 26.2. The Morgan fingerprint density at radius 2 is 1.89 bits per heavy atom. The molecule has 0 radical (unpaired) electrons. The van der Waals surface area contributed by atoms with Gasteiger partial charge in [-0.3, -0.25) is 9.59 Å². The summed E-state index contributed by atoms with van der Waals surface area (Å²) in [4.78, 5) is 36.1. The van der Waals surface area contributed by atoms with E-state index >= 15 is 0 Å². The third kappa shape index (κ3) is 4.41. The lowest BCUT2D eigenvalue weighted by molar-refractivity contribution is -0.138. The van der Waals surface area contributed by atoms with Crippen molar-refractivity contribution in [3.63, 3.8) is 0 Å². The number of H-pyrrole nitrogens is 1. The largest absolute Gasteiger partial charge is 0.381 e. The molecule has 1 aromatic rings. The van der Waals surface area contributed by atoms with Crippen LogP contribution in [0.25, 0.3) is 0 Å². The van der Waals surface area contributed by atoms with Crippen LogP contribution in [0.5, 0.6) is 0 Å². The van der Waals surface area contributed by atoms with Gasteiger partial charge in [0.2, 0.25) is 5.91 Å². The number of carbonyl (C=O) groups is 1. The Hall–Kier alpha value is -1.73. The zero-order chi connectivity index (χ0) is 18.6. The molecule has 3 fully saturated rings. The molecule has 27 heavy (non-hydrogen) atoms. The maximum absolute atomic E-state index is 13.1. The monoisotopic (exact) mass is 374 g/mol. The number of carbonyl (C=O) groups excluding carboxylic acids is 1. The van der Waals surface area contributed by atoms with Crippen molar-refractivity contribution in [2.45, 2.75) is 50.5 Å². The van der Waals surface area contributed by atoms with Crippen molar-refractivity contribution in [1.82, 2.24) is 19.8 Å². The Labute approximate surface area is 160 Å². The average Bonchev–Trinajstić information content (AvgIpc) is 2.74. The minimum Gasteiger partial charge on any atom is -0.381 e. The Bertz CT molecular complexity index is 692. The molecular formula is C20H30N4O3. The number of nitrogens with zero attached hydrogens (tertiary/aromatic N) is 3. The fourth-order valence-corrected chi connectivity index (χ4v) is 4.85. The third-order valence-corrected chi connectivity index (χ3v) is 6.44. The second-order valence-corrected chi connectivity index (χ2v) is 8.11. The number of rotatable bonds is 3. The first kappa shape index (κ1) is 18.6. The van der Waals surface area contributed by atoms with Gasteiger partial charge in [0.25, 0.3) is 5.56 Å². The maximum atomic E-state index is 13.1. The minimum absolute atomic E-state index is 0.121. The molecule has 0 aromatic carbocycles. The van der Waals surface area contributed by atoms with Crippen molar-refractivity contribution >= 4 is 5.91 Å². The summed E-state index contributed by atoms with van der Waals surface area (Å²) in [5, 5.41) is 0. The van der Waals surface area contributed by atoms with Crippen LogP contribution in [0.2, 0.25) is 0 Å². The summed E-state index contributed by atoms with van der Waals surface area (Å²) in [5.74, 6) is 0.621. The molecule has 1 amide bonds. The van der Waals surface area contributed by atoms with E-state index in [1.165, 1.54) is 6.33 Å². The van der Waals surface area contributed by atoms with Gasteiger partial charge in [-0.2, -0.15) is 0 Å². The molecule has 7 nitrogen and oxygen atoms in total. The van der Waals surface area contributed by atoms with E-state index in [0.29, 0.717) is 18.5 Å². The Morgan fingerprint density at radius 1 is 1.11 bits per heavy atom. The van der Waals surface area contributed by atoms with Gasteiger partial charge < -0.3 is 19.5 Å². The molecule has 4 heterocycles. The van der Waals surface area contributed by atoms with Gasteiger partial charge in [-0.1, -0.05) is 0 Å². The van der Waals surface area contributed by atoms with Crippen LogP contribution in [0.4, 0.5) is 0 Å². The molecular weight excluding hydrogens is 344 g/mol. The lowest BCUT2D eigenvalue weighted by Gasteiger charge is -2.41. The number of likely N-dealkylation sites (tertiary alicyclic amines) is 2. The second kappa shape index (κ2) is 8.52. The summed E-state index contributed by atoms with van der Waals surface area (Å²) in [6.07, 6.45) is 7.59. The van der Waals surface area contributed by atoms with Crippen LogP contribution in [0.3, 0.4) is 0 Å². The first-order valence-electron chi connectivity index (χ1n) is 10.4. The molecule has 1 N–H and O–H groups in total. The van der Waals surface area contributed by atoms with E-state index < -0.39 is 0 Å². The van der Waals surface area contributed by atoms with Crippen molar-refractivity contribution in [3.05, 3.63) is 28.4 Å². The van der Waals surface area contributed by atoms with Crippen LogP contribution in [0.15, 0.2) is 17.2 Å². The Balaban J connectivity index is 1.32. The summed E-state index contributed by atoms with van der Waals surface area (Å²) >= 11 is 0. The molecule has 0 aliphatic carbocycles. The van der Waals surface area contributed by atoms with Gasteiger partial charge in [-0.15, -0.1) is 0 Å². The zero-order valence-corrected chi connectivity index (χ0v) is 15.9. The van der Waals surface area contributed by atoms with Crippen molar-refractivity contribution in [2.24, 2.45) is 5.92 Å². The number of aromatic amines is 1. The quantitative estimate of drug-likeness (QED) is 0.864. The van der Waals surface area contributed by atoms with Gasteiger partial charge in [0.05, 0.1) is 12.0 Å². The number of piperidine rings is 2. The highest BCUT2D eigenvalue weighted by atomic mass is 16.5. The van der Waals surface area contributed by atoms with Gasteiger partial charge in [-0.25, -0.2) is 4.98 Å². The van der Waals surface area contributed by atoms with Gasteiger partial charge in [0.1, 0.15) is 0 Å². The van der Waals surface area contributed by atoms with Crippen LogP contribution in [-0.2, 0) is 9.53 Å². The SMILES string of the molecule is O=C(C1CCN(C2CCOCC2)CC1)N1CCCC(c2cc(=O)[nH]cn2)C1. The summed E-state index contributed by atoms with van der Waals surface area (Å²) in [6, 6.07) is 2.21. The second-order valence-electron chi connectivity index (χ2n) is 8.11. The maximum Gasteiger partial charge on any atom is 0.250 e. The highest BCUT2D eigenvalue weighted by molar-refractivity contribution is 5.79. The van der Waals surface area contributed by atoms with Gasteiger partial charge in [0, 0.05) is 50.2 Å². The van der Waals surface area contributed by atoms with Crippen molar-refractivity contribution in [3.8, 4) is 0 Å². The number of hydrogen-bond acceptors (Lipinski definition) is 5. The number of nitrogens with one attached hydrogen (secondary N) is 1. The zero-order valence-electron chi connectivity index (χ0n) is 15.9. The lowest BCUT2D eigenvalue weighted by atomic mass is 9.90. The molecule has 3 aliphatic heterocycles. The number of ether oxygens (including phenoxy) is 1. The van der Waals surface area contributed by atoms with E-state index in [4.69, 9.17) is 4.74 Å². The first-order chi connectivity index (χ1) is 13.2. The van der Waals surface area contributed by atoms with E-state index in [0.717, 1.165) is 77.1 Å². The number of hydrogen-bond donors (Lipinski definition) is 1. The van der Waals surface area contributed by atoms with E-state index in [2.05, 4.69) is 14.9 Å². The lowest BCUT2D eigenvalue weighted by Crippen LogP contribution is -2.48. The molecule has 0 spiro atoms. The van der Waals surface area contributed by atoms with Gasteiger partial charge in [0.15, 0.2) is 0 Å². The molecule has 4 rings (SSSR count). The number of aromatic nitrogens is 2. The topological polar surface area (TPSA) is 78.5 Å².